The SMILES string of the molecule is CC[C@]1(C#CCn2c3ccccc3c3ccccc32)CN(c2ccc(Br)cc2)C1=O. The first-order valence-corrected chi connectivity index (χ1v) is 11.0. The summed E-state index contributed by atoms with van der Waals surface area (Å²) in [6.07, 6.45) is 0.721. The molecule has 1 aliphatic heterocycles. The lowest BCUT2D eigenvalue weighted by molar-refractivity contribution is -0.131. The molecular formula is C26H21BrN2O. The minimum Gasteiger partial charge on any atom is -0.329 e. The van der Waals surface area contributed by atoms with Crippen LogP contribution in [0.5, 0.6) is 0 Å². The molecule has 0 spiro atoms. The highest BCUT2D eigenvalue weighted by Crippen LogP contribution is 2.38. The first kappa shape index (κ1) is 19.0. The van der Waals surface area contributed by atoms with E-state index in [4.69, 9.17) is 0 Å². The molecule has 4 heteroatoms. The summed E-state index contributed by atoms with van der Waals surface area (Å²) in [6.45, 7) is 3.26. The molecule has 0 radical (unpaired) electrons. The fourth-order valence-electron chi connectivity index (χ4n) is 4.31. The molecule has 3 aromatic carbocycles. The average Bonchev–Trinajstić information content (AvgIpc) is 3.10. The van der Waals surface area contributed by atoms with Gasteiger partial charge >= 0.3 is 0 Å². The van der Waals surface area contributed by atoms with Crippen LogP contribution in [0.15, 0.2) is 77.3 Å². The van der Waals surface area contributed by atoms with E-state index in [0.717, 1.165) is 16.6 Å². The third kappa shape index (κ3) is 2.93. The number of anilines is 1. The van der Waals surface area contributed by atoms with Crippen LogP contribution in [0.1, 0.15) is 13.3 Å². The molecule has 3 nitrogen and oxygen atoms in total. The standard InChI is InChI=1S/C26H21BrN2O/c1-2-26(18-29(25(26)30)20-14-12-19(27)13-15-20)16-7-17-28-23-10-5-3-8-21(23)22-9-4-6-11-24(22)28/h3-6,8-15H,2,17-18H2,1H3/t26-/m0/s1. The fraction of sp³-hybridized carbons (Fsp3) is 0.192. The molecule has 1 atom stereocenters. The Labute approximate surface area is 184 Å². The number of benzene rings is 3. The van der Waals surface area contributed by atoms with Crippen LogP contribution in [0.2, 0.25) is 0 Å². The molecule has 4 aromatic rings. The number of para-hydroxylation sites is 2. The van der Waals surface area contributed by atoms with E-state index >= 15 is 0 Å². The van der Waals surface area contributed by atoms with Crippen molar-refractivity contribution in [2.75, 3.05) is 11.4 Å². The number of fused-ring (bicyclic) bond motifs is 3. The number of carbonyl (C=O) groups excluding carboxylic acids is 1. The largest absolute Gasteiger partial charge is 0.329 e. The van der Waals surface area contributed by atoms with E-state index in [9.17, 15) is 4.79 Å². The molecular weight excluding hydrogens is 436 g/mol. The molecule has 2 heterocycles. The van der Waals surface area contributed by atoms with Crippen molar-refractivity contribution in [2.45, 2.75) is 19.9 Å². The lowest BCUT2D eigenvalue weighted by atomic mass is 9.76. The first-order valence-electron chi connectivity index (χ1n) is 10.2. The van der Waals surface area contributed by atoms with E-state index in [1.807, 2.05) is 36.1 Å². The van der Waals surface area contributed by atoms with Crippen LogP contribution >= 0.6 is 15.9 Å². The summed E-state index contributed by atoms with van der Waals surface area (Å²) in [5, 5.41) is 2.47. The number of carbonyl (C=O) groups is 1. The maximum Gasteiger partial charge on any atom is 0.247 e. The third-order valence-electron chi connectivity index (χ3n) is 6.07. The van der Waals surface area contributed by atoms with Crippen molar-refractivity contribution in [3.63, 3.8) is 0 Å². The second-order valence-corrected chi connectivity index (χ2v) is 8.64. The minimum atomic E-state index is -0.578. The van der Waals surface area contributed by atoms with Gasteiger partial charge in [-0.25, -0.2) is 0 Å². The van der Waals surface area contributed by atoms with Crippen LogP contribution < -0.4 is 4.90 Å². The predicted octanol–water partition coefficient (Wildman–Crippen LogP) is 6.00. The highest BCUT2D eigenvalue weighted by atomic mass is 79.9. The Hall–Kier alpha value is -3.03. The van der Waals surface area contributed by atoms with Gasteiger partial charge in [0.1, 0.15) is 5.41 Å². The molecule has 0 N–H and O–H groups in total. The van der Waals surface area contributed by atoms with Crippen molar-refractivity contribution >= 4 is 49.3 Å². The molecule has 148 valence electrons. The molecule has 1 fully saturated rings. The van der Waals surface area contributed by atoms with E-state index in [-0.39, 0.29) is 5.91 Å². The Morgan fingerprint density at radius 2 is 1.53 bits per heavy atom. The van der Waals surface area contributed by atoms with Gasteiger partial charge in [0.2, 0.25) is 5.91 Å². The summed E-state index contributed by atoms with van der Waals surface area (Å²) < 4.78 is 3.25. The Morgan fingerprint density at radius 3 is 2.10 bits per heavy atom. The second kappa shape index (κ2) is 7.34. The summed E-state index contributed by atoms with van der Waals surface area (Å²) in [6, 6.07) is 24.7. The van der Waals surface area contributed by atoms with Gasteiger partial charge < -0.3 is 9.47 Å². The Balaban J connectivity index is 1.44. The monoisotopic (exact) mass is 456 g/mol. The van der Waals surface area contributed by atoms with Crippen LogP contribution in [0, 0.1) is 17.3 Å². The number of rotatable bonds is 3. The van der Waals surface area contributed by atoms with Crippen LogP contribution in [-0.4, -0.2) is 17.0 Å². The number of hydrogen-bond donors (Lipinski definition) is 0. The number of halogens is 1. The fourth-order valence-corrected chi connectivity index (χ4v) is 4.58. The summed E-state index contributed by atoms with van der Waals surface area (Å²) >= 11 is 3.44. The number of amides is 1. The third-order valence-corrected chi connectivity index (χ3v) is 6.60. The molecule has 1 amide bonds. The highest BCUT2D eigenvalue weighted by molar-refractivity contribution is 9.10. The summed E-state index contributed by atoms with van der Waals surface area (Å²) in [4.78, 5) is 14.8. The van der Waals surface area contributed by atoms with Gasteiger partial charge in [0.15, 0.2) is 0 Å². The highest BCUT2D eigenvalue weighted by Gasteiger charge is 2.50. The van der Waals surface area contributed by atoms with Gasteiger partial charge in [-0.15, -0.1) is 0 Å². The zero-order valence-electron chi connectivity index (χ0n) is 16.7. The van der Waals surface area contributed by atoms with Crippen molar-refractivity contribution in [1.82, 2.24) is 4.57 Å². The Kier molecular flexibility index (Phi) is 4.64. The van der Waals surface area contributed by atoms with Gasteiger partial charge in [-0.2, -0.15) is 0 Å². The molecule has 0 saturated carbocycles. The molecule has 1 saturated heterocycles. The molecule has 1 aliphatic rings. The Morgan fingerprint density at radius 1 is 0.933 bits per heavy atom. The van der Waals surface area contributed by atoms with Crippen molar-refractivity contribution in [1.29, 1.82) is 0 Å². The zero-order chi connectivity index (χ0) is 20.7. The number of aromatic nitrogens is 1. The lowest BCUT2D eigenvalue weighted by Crippen LogP contribution is -2.61. The smallest absolute Gasteiger partial charge is 0.247 e. The average molecular weight is 457 g/mol. The van der Waals surface area contributed by atoms with Gasteiger partial charge in [-0.3, -0.25) is 4.79 Å². The molecule has 0 unspecified atom stereocenters. The topological polar surface area (TPSA) is 25.2 Å². The molecule has 1 aromatic heterocycles. The predicted molar refractivity (Wildman–Crippen MR) is 126 cm³/mol. The summed E-state index contributed by atoms with van der Waals surface area (Å²) in [7, 11) is 0. The molecule has 0 bridgehead atoms. The number of nitrogens with zero attached hydrogens (tertiary/aromatic N) is 2. The van der Waals surface area contributed by atoms with Crippen LogP contribution in [0.3, 0.4) is 0 Å². The van der Waals surface area contributed by atoms with Gasteiger partial charge in [0, 0.05) is 32.0 Å². The zero-order valence-corrected chi connectivity index (χ0v) is 18.3. The van der Waals surface area contributed by atoms with Crippen LogP contribution in [0.25, 0.3) is 21.8 Å². The van der Waals surface area contributed by atoms with Crippen molar-refractivity contribution in [3.05, 3.63) is 77.3 Å². The second-order valence-electron chi connectivity index (χ2n) is 7.73. The minimum absolute atomic E-state index is 0.0991. The van der Waals surface area contributed by atoms with Crippen molar-refractivity contribution in [2.24, 2.45) is 5.41 Å². The summed E-state index contributed by atoms with van der Waals surface area (Å²) in [5.74, 6) is 6.77. The maximum absolute atomic E-state index is 13.0. The first-order chi connectivity index (χ1) is 14.6. The Bertz CT molecular complexity index is 1270. The van der Waals surface area contributed by atoms with E-state index in [2.05, 4.69) is 80.9 Å². The van der Waals surface area contributed by atoms with Gasteiger partial charge in [-0.05, 0) is 42.8 Å². The van der Waals surface area contributed by atoms with E-state index in [1.165, 1.54) is 21.8 Å². The van der Waals surface area contributed by atoms with Gasteiger partial charge in [0.05, 0.1) is 13.1 Å². The van der Waals surface area contributed by atoms with Crippen molar-refractivity contribution in [3.8, 4) is 11.8 Å². The maximum atomic E-state index is 13.0. The molecule has 0 aliphatic carbocycles. The number of β-lactam (4-membered cyclic amide) rings is 1. The van der Waals surface area contributed by atoms with Gasteiger partial charge in [-0.1, -0.05) is 71.1 Å². The van der Waals surface area contributed by atoms with E-state index in [1.54, 1.807) is 0 Å². The quantitative estimate of drug-likeness (QED) is 0.274. The molecule has 30 heavy (non-hydrogen) atoms. The van der Waals surface area contributed by atoms with Crippen molar-refractivity contribution < 1.29 is 4.79 Å². The normalized spacial score (nSPS) is 18.3. The number of hydrogen-bond acceptors (Lipinski definition) is 1. The van der Waals surface area contributed by atoms with E-state index < -0.39 is 5.41 Å². The summed E-state index contributed by atoms with van der Waals surface area (Å²) in [5.41, 5.74) is 2.70. The van der Waals surface area contributed by atoms with Crippen LogP contribution in [-0.2, 0) is 11.3 Å². The van der Waals surface area contributed by atoms with Gasteiger partial charge in [0.25, 0.3) is 0 Å². The lowest BCUT2D eigenvalue weighted by Gasteiger charge is -2.45. The van der Waals surface area contributed by atoms with Crippen LogP contribution in [0.4, 0.5) is 5.69 Å². The molecule has 5 rings (SSSR count). The van der Waals surface area contributed by atoms with E-state index in [0.29, 0.717) is 13.1 Å².